The van der Waals surface area contributed by atoms with Gasteiger partial charge in [-0.25, -0.2) is 13.1 Å². The van der Waals surface area contributed by atoms with E-state index in [0.29, 0.717) is 18.0 Å². The van der Waals surface area contributed by atoms with Crippen LogP contribution in [0.5, 0.6) is 0 Å². The molecule has 0 atom stereocenters. The third-order valence-electron chi connectivity index (χ3n) is 3.68. The number of thiophene rings is 1. The predicted molar refractivity (Wildman–Crippen MR) is 96.6 cm³/mol. The van der Waals surface area contributed by atoms with Crippen LogP contribution in [-0.4, -0.2) is 24.7 Å². The molecule has 7 heteroatoms. The summed E-state index contributed by atoms with van der Waals surface area (Å²) in [6.07, 6.45) is 1.86. The van der Waals surface area contributed by atoms with E-state index in [4.69, 9.17) is 0 Å². The summed E-state index contributed by atoms with van der Waals surface area (Å²) in [7, 11) is -3.51. The minimum absolute atomic E-state index is 0.293. The minimum atomic E-state index is -3.51. The maximum absolute atomic E-state index is 12.4. The van der Waals surface area contributed by atoms with Gasteiger partial charge in [-0.15, -0.1) is 11.3 Å². The number of aromatic nitrogens is 2. The molecule has 0 fully saturated rings. The maximum Gasteiger partial charge on any atom is 0.240 e. The Kier molecular flexibility index (Phi) is 4.84. The molecule has 0 aliphatic carbocycles. The molecular weight excluding hydrogens is 342 g/mol. The standard InChI is InChI=1S/C17H19N3O2S2/c1-13-5-6-14(2)17(12-13)24(21,22)18-8-10-20-9-7-15(19-20)16-4-3-11-23-16/h3-7,9,11-12,18H,8,10H2,1-2H3. The summed E-state index contributed by atoms with van der Waals surface area (Å²) in [6.45, 7) is 4.46. The zero-order valence-electron chi connectivity index (χ0n) is 13.6. The fraction of sp³-hybridized carbons (Fsp3) is 0.235. The highest BCUT2D eigenvalue weighted by molar-refractivity contribution is 7.89. The van der Waals surface area contributed by atoms with Crippen LogP contribution in [0.15, 0.2) is 52.9 Å². The van der Waals surface area contributed by atoms with E-state index >= 15 is 0 Å². The van der Waals surface area contributed by atoms with Crippen molar-refractivity contribution in [3.05, 3.63) is 59.1 Å². The van der Waals surface area contributed by atoms with Crippen molar-refractivity contribution in [2.45, 2.75) is 25.3 Å². The number of hydrogen-bond donors (Lipinski definition) is 1. The molecule has 0 radical (unpaired) electrons. The van der Waals surface area contributed by atoms with Crippen molar-refractivity contribution in [3.63, 3.8) is 0 Å². The Bertz CT molecular complexity index is 929. The average Bonchev–Trinajstić information content (AvgIpc) is 3.20. The van der Waals surface area contributed by atoms with E-state index < -0.39 is 10.0 Å². The molecule has 3 aromatic rings. The summed E-state index contributed by atoms with van der Waals surface area (Å²) in [4.78, 5) is 1.44. The number of nitrogens with one attached hydrogen (secondary N) is 1. The van der Waals surface area contributed by atoms with Gasteiger partial charge in [0.25, 0.3) is 0 Å². The quantitative estimate of drug-likeness (QED) is 0.733. The van der Waals surface area contributed by atoms with Gasteiger partial charge >= 0.3 is 0 Å². The fourth-order valence-electron chi connectivity index (χ4n) is 2.41. The van der Waals surface area contributed by atoms with Crippen LogP contribution in [0.4, 0.5) is 0 Å². The number of nitrogens with zero attached hydrogens (tertiary/aromatic N) is 2. The molecule has 24 heavy (non-hydrogen) atoms. The van der Waals surface area contributed by atoms with Crippen LogP contribution in [0.25, 0.3) is 10.6 Å². The zero-order chi connectivity index (χ0) is 17.2. The molecule has 1 aromatic carbocycles. The van der Waals surface area contributed by atoms with Crippen LogP contribution in [0, 0.1) is 13.8 Å². The molecule has 1 N–H and O–H groups in total. The van der Waals surface area contributed by atoms with Crippen molar-refractivity contribution in [2.24, 2.45) is 0 Å². The van der Waals surface area contributed by atoms with E-state index in [1.165, 1.54) is 0 Å². The summed E-state index contributed by atoms with van der Waals surface area (Å²) < 4.78 is 29.3. The summed E-state index contributed by atoms with van der Waals surface area (Å²) >= 11 is 1.63. The van der Waals surface area contributed by atoms with Gasteiger partial charge in [-0.1, -0.05) is 18.2 Å². The number of hydrogen-bond acceptors (Lipinski definition) is 4. The third kappa shape index (κ3) is 3.75. The molecule has 5 nitrogen and oxygen atoms in total. The molecule has 0 bridgehead atoms. The third-order valence-corrected chi connectivity index (χ3v) is 6.18. The van der Waals surface area contributed by atoms with E-state index in [9.17, 15) is 8.42 Å². The number of benzene rings is 1. The predicted octanol–water partition coefficient (Wildman–Crippen LogP) is 3.21. The van der Waals surface area contributed by atoms with Crippen LogP contribution < -0.4 is 4.72 Å². The van der Waals surface area contributed by atoms with Crippen molar-refractivity contribution in [1.82, 2.24) is 14.5 Å². The first-order chi connectivity index (χ1) is 11.5. The van der Waals surface area contributed by atoms with Crippen LogP contribution in [0.3, 0.4) is 0 Å². The van der Waals surface area contributed by atoms with Gasteiger partial charge in [-0.05, 0) is 48.6 Å². The molecule has 2 heterocycles. The number of aryl methyl sites for hydroxylation is 2. The Balaban J connectivity index is 1.64. The highest BCUT2D eigenvalue weighted by atomic mass is 32.2. The smallest absolute Gasteiger partial charge is 0.240 e. The first kappa shape index (κ1) is 16.9. The van der Waals surface area contributed by atoms with Crippen LogP contribution in [-0.2, 0) is 16.6 Å². The molecule has 0 saturated heterocycles. The van der Waals surface area contributed by atoms with Gasteiger partial charge in [0, 0.05) is 12.7 Å². The Morgan fingerprint density at radius 1 is 1.21 bits per heavy atom. The number of rotatable bonds is 6. The monoisotopic (exact) mass is 361 g/mol. The second-order valence-electron chi connectivity index (χ2n) is 5.61. The number of sulfonamides is 1. The van der Waals surface area contributed by atoms with Gasteiger partial charge in [-0.3, -0.25) is 4.68 Å². The zero-order valence-corrected chi connectivity index (χ0v) is 15.2. The molecule has 0 saturated carbocycles. The van der Waals surface area contributed by atoms with Gasteiger partial charge < -0.3 is 0 Å². The minimum Gasteiger partial charge on any atom is -0.271 e. The van der Waals surface area contributed by atoms with Crippen molar-refractivity contribution in [1.29, 1.82) is 0 Å². The molecule has 0 amide bonds. The fourth-order valence-corrected chi connectivity index (χ4v) is 4.45. The first-order valence-corrected chi connectivity index (χ1v) is 9.96. The highest BCUT2D eigenvalue weighted by Crippen LogP contribution is 2.22. The lowest BCUT2D eigenvalue weighted by atomic mass is 10.2. The second-order valence-corrected chi connectivity index (χ2v) is 8.29. The van der Waals surface area contributed by atoms with Gasteiger partial charge in [0.05, 0.1) is 16.3 Å². The van der Waals surface area contributed by atoms with Gasteiger partial charge in [0.1, 0.15) is 5.69 Å². The topological polar surface area (TPSA) is 64.0 Å². The largest absolute Gasteiger partial charge is 0.271 e. The van der Waals surface area contributed by atoms with Crippen molar-refractivity contribution >= 4 is 21.4 Å². The summed E-state index contributed by atoms with van der Waals surface area (Å²) in [5, 5.41) is 6.48. The Morgan fingerprint density at radius 3 is 2.79 bits per heavy atom. The molecule has 0 unspecified atom stereocenters. The summed E-state index contributed by atoms with van der Waals surface area (Å²) in [6, 6.07) is 11.4. The van der Waals surface area contributed by atoms with E-state index in [-0.39, 0.29) is 0 Å². The van der Waals surface area contributed by atoms with Crippen molar-refractivity contribution in [3.8, 4) is 10.6 Å². The molecule has 0 aliphatic rings. The Labute approximate surface area is 146 Å². The maximum atomic E-state index is 12.4. The van der Waals surface area contributed by atoms with E-state index in [1.807, 2.05) is 48.8 Å². The molecule has 3 rings (SSSR count). The van der Waals surface area contributed by atoms with Gasteiger partial charge in [0.15, 0.2) is 0 Å². The van der Waals surface area contributed by atoms with Crippen molar-refractivity contribution in [2.75, 3.05) is 6.54 Å². The van der Waals surface area contributed by atoms with E-state index in [1.54, 1.807) is 29.0 Å². The van der Waals surface area contributed by atoms with E-state index in [2.05, 4.69) is 9.82 Å². The average molecular weight is 361 g/mol. The Hall–Kier alpha value is -1.96. The summed E-state index contributed by atoms with van der Waals surface area (Å²) in [5.41, 5.74) is 2.57. The SMILES string of the molecule is Cc1ccc(C)c(S(=O)(=O)NCCn2ccc(-c3cccs3)n2)c1. The normalized spacial score (nSPS) is 11.8. The van der Waals surface area contributed by atoms with Crippen LogP contribution >= 0.6 is 11.3 Å². The molecular formula is C17H19N3O2S2. The van der Waals surface area contributed by atoms with Crippen LogP contribution in [0.2, 0.25) is 0 Å². The highest BCUT2D eigenvalue weighted by Gasteiger charge is 2.16. The van der Waals surface area contributed by atoms with Gasteiger partial charge in [0.2, 0.25) is 10.0 Å². The molecule has 126 valence electrons. The summed E-state index contributed by atoms with van der Waals surface area (Å²) in [5.74, 6) is 0. The lowest BCUT2D eigenvalue weighted by molar-refractivity contribution is 0.561. The molecule has 0 spiro atoms. The van der Waals surface area contributed by atoms with E-state index in [0.717, 1.165) is 21.7 Å². The Morgan fingerprint density at radius 2 is 2.04 bits per heavy atom. The molecule has 2 aromatic heterocycles. The first-order valence-electron chi connectivity index (χ1n) is 7.60. The lowest BCUT2D eigenvalue weighted by Gasteiger charge is -2.10. The molecule has 0 aliphatic heterocycles. The van der Waals surface area contributed by atoms with Crippen LogP contribution in [0.1, 0.15) is 11.1 Å². The lowest BCUT2D eigenvalue weighted by Crippen LogP contribution is -2.28. The van der Waals surface area contributed by atoms with Crippen molar-refractivity contribution < 1.29 is 8.42 Å². The van der Waals surface area contributed by atoms with Gasteiger partial charge in [-0.2, -0.15) is 5.10 Å². The second kappa shape index (κ2) is 6.88.